The van der Waals surface area contributed by atoms with E-state index in [0.29, 0.717) is 19.6 Å². The normalized spacial score (nSPS) is 15.1. The summed E-state index contributed by atoms with van der Waals surface area (Å²) in [5, 5.41) is 2.87. The molecule has 172 valence electrons. The highest BCUT2D eigenvalue weighted by molar-refractivity contribution is 5.99. The second-order valence-corrected chi connectivity index (χ2v) is 8.67. The summed E-state index contributed by atoms with van der Waals surface area (Å²) in [7, 11) is 0. The molecule has 2 amide bonds. The van der Waals surface area contributed by atoms with Gasteiger partial charge in [0.1, 0.15) is 11.1 Å². The minimum atomic E-state index is -0.473. The lowest BCUT2D eigenvalue weighted by Crippen LogP contribution is -2.38. The number of hydrogen-bond acceptors (Lipinski definition) is 3. The zero-order valence-electron chi connectivity index (χ0n) is 19.3. The van der Waals surface area contributed by atoms with Gasteiger partial charge in [-0.1, -0.05) is 50.1 Å². The highest BCUT2D eigenvalue weighted by Gasteiger charge is 2.24. The van der Waals surface area contributed by atoms with Crippen LogP contribution in [0.4, 0.5) is 0 Å². The van der Waals surface area contributed by atoms with Crippen LogP contribution in [0, 0.1) is 0 Å². The van der Waals surface area contributed by atoms with E-state index in [4.69, 9.17) is 0 Å². The Labute approximate surface area is 190 Å². The third-order valence-corrected chi connectivity index (χ3v) is 6.28. The van der Waals surface area contributed by atoms with Gasteiger partial charge in [0.05, 0.1) is 0 Å². The summed E-state index contributed by atoms with van der Waals surface area (Å²) in [6.07, 6.45) is 9.81. The third kappa shape index (κ3) is 6.09. The first-order chi connectivity index (χ1) is 15.5. The van der Waals surface area contributed by atoms with E-state index >= 15 is 0 Å². The van der Waals surface area contributed by atoms with Gasteiger partial charge in [0.15, 0.2) is 0 Å². The minimum Gasteiger partial charge on any atom is -0.352 e. The average molecular weight is 438 g/mol. The van der Waals surface area contributed by atoms with Gasteiger partial charge < -0.3 is 14.8 Å². The number of amides is 2. The molecule has 2 heterocycles. The highest BCUT2D eigenvalue weighted by atomic mass is 16.2. The van der Waals surface area contributed by atoms with Crippen molar-refractivity contribution in [2.45, 2.75) is 64.8 Å². The van der Waals surface area contributed by atoms with E-state index in [1.165, 1.54) is 5.56 Å². The topological polar surface area (TPSA) is 71.4 Å². The zero-order valence-corrected chi connectivity index (χ0v) is 19.3. The van der Waals surface area contributed by atoms with Gasteiger partial charge in [0.25, 0.3) is 11.8 Å². The van der Waals surface area contributed by atoms with Crippen LogP contribution >= 0.6 is 0 Å². The van der Waals surface area contributed by atoms with Crippen molar-refractivity contribution >= 4 is 11.8 Å². The number of carbonyl (C=O) groups is 2. The maximum atomic E-state index is 13.2. The molecule has 1 aliphatic rings. The Hall–Kier alpha value is -2.89. The van der Waals surface area contributed by atoms with Crippen LogP contribution in [0.25, 0.3) is 0 Å². The number of aryl methyl sites for hydroxylation is 1. The van der Waals surface area contributed by atoms with Gasteiger partial charge >= 0.3 is 0 Å². The van der Waals surface area contributed by atoms with Gasteiger partial charge in [-0.3, -0.25) is 14.4 Å². The molecule has 1 aromatic carbocycles. The largest absolute Gasteiger partial charge is 0.352 e. The van der Waals surface area contributed by atoms with Crippen molar-refractivity contribution in [2.24, 2.45) is 0 Å². The highest BCUT2D eigenvalue weighted by Crippen LogP contribution is 2.15. The van der Waals surface area contributed by atoms with Crippen LogP contribution in [0.2, 0.25) is 0 Å². The smallest absolute Gasteiger partial charge is 0.259 e. The number of aromatic nitrogens is 1. The number of pyridine rings is 1. The second-order valence-electron chi connectivity index (χ2n) is 8.67. The van der Waals surface area contributed by atoms with Gasteiger partial charge in [-0.2, -0.15) is 0 Å². The molecule has 1 aromatic heterocycles. The van der Waals surface area contributed by atoms with E-state index < -0.39 is 11.3 Å². The molecule has 0 bridgehead atoms. The molecule has 1 fully saturated rings. The van der Waals surface area contributed by atoms with Crippen molar-refractivity contribution in [2.75, 3.05) is 19.6 Å². The first-order valence-corrected chi connectivity index (χ1v) is 11.9. The first-order valence-electron chi connectivity index (χ1n) is 11.9. The van der Waals surface area contributed by atoms with Crippen LogP contribution in [0.15, 0.2) is 47.5 Å². The summed E-state index contributed by atoms with van der Waals surface area (Å²) in [5.74, 6) is -0.668. The fourth-order valence-electron chi connectivity index (χ4n) is 4.06. The molecule has 6 heteroatoms. The molecule has 0 radical (unpaired) electrons. The first kappa shape index (κ1) is 23.8. The Kier molecular flexibility index (Phi) is 8.65. The Bertz CT molecular complexity index is 960. The molecule has 32 heavy (non-hydrogen) atoms. The van der Waals surface area contributed by atoms with E-state index in [9.17, 15) is 14.4 Å². The fourth-order valence-corrected chi connectivity index (χ4v) is 4.06. The van der Waals surface area contributed by atoms with Crippen molar-refractivity contribution in [3.05, 3.63) is 69.6 Å². The van der Waals surface area contributed by atoms with Gasteiger partial charge in [0.2, 0.25) is 5.43 Å². The molecule has 1 atom stereocenters. The quantitative estimate of drug-likeness (QED) is 0.629. The molecule has 0 saturated carbocycles. The van der Waals surface area contributed by atoms with Crippen LogP contribution in [0.3, 0.4) is 0 Å². The van der Waals surface area contributed by atoms with Crippen molar-refractivity contribution < 1.29 is 9.59 Å². The number of hydrogen-bond donors (Lipinski definition) is 1. The SMILES string of the molecule is CCC(C)n1cc(C(=O)NCCCc2ccccc2)c(=O)c(C(=O)N2CCCCCC2)c1. The molecular formula is C26H35N3O3. The molecule has 3 rings (SSSR count). The van der Waals surface area contributed by atoms with Crippen molar-refractivity contribution in [1.29, 1.82) is 0 Å². The Morgan fingerprint density at radius 2 is 1.66 bits per heavy atom. The molecule has 1 saturated heterocycles. The lowest BCUT2D eigenvalue weighted by atomic mass is 10.1. The molecule has 6 nitrogen and oxygen atoms in total. The zero-order chi connectivity index (χ0) is 22.9. The van der Waals surface area contributed by atoms with E-state index in [1.54, 1.807) is 17.3 Å². The third-order valence-electron chi connectivity index (χ3n) is 6.28. The van der Waals surface area contributed by atoms with E-state index in [-0.39, 0.29) is 23.1 Å². The van der Waals surface area contributed by atoms with Crippen molar-refractivity contribution in [3.8, 4) is 0 Å². The van der Waals surface area contributed by atoms with Gasteiger partial charge in [0, 0.05) is 38.1 Å². The lowest BCUT2D eigenvalue weighted by molar-refractivity contribution is 0.0759. The van der Waals surface area contributed by atoms with Crippen LogP contribution in [0.5, 0.6) is 0 Å². The Morgan fingerprint density at radius 3 is 2.31 bits per heavy atom. The summed E-state index contributed by atoms with van der Waals surface area (Å²) < 4.78 is 1.84. The summed E-state index contributed by atoms with van der Waals surface area (Å²) in [5.41, 5.74) is 0.889. The predicted octanol–water partition coefficient (Wildman–Crippen LogP) is 4.20. The molecular weight excluding hydrogens is 402 g/mol. The number of nitrogens with zero attached hydrogens (tertiary/aromatic N) is 2. The average Bonchev–Trinajstić information content (AvgIpc) is 3.11. The number of rotatable bonds is 8. The fraction of sp³-hybridized carbons (Fsp3) is 0.500. The summed E-state index contributed by atoms with van der Waals surface area (Å²) in [4.78, 5) is 41.1. The van der Waals surface area contributed by atoms with Crippen molar-refractivity contribution in [3.63, 3.8) is 0 Å². The molecule has 0 spiro atoms. The van der Waals surface area contributed by atoms with Crippen LogP contribution in [0.1, 0.15) is 84.7 Å². The molecule has 2 aromatic rings. The van der Waals surface area contributed by atoms with E-state index in [0.717, 1.165) is 44.9 Å². The maximum Gasteiger partial charge on any atom is 0.259 e. The monoisotopic (exact) mass is 437 g/mol. The summed E-state index contributed by atoms with van der Waals surface area (Å²) in [6, 6.07) is 10.2. The Morgan fingerprint density at radius 1 is 1.00 bits per heavy atom. The maximum absolute atomic E-state index is 13.2. The van der Waals surface area contributed by atoms with Crippen LogP contribution in [-0.4, -0.2) is 40.9 Å². The van der Waals surface area contributed by atoms with E-state index in [2.05, 4.69) is 17.4 Å². The molecule has 0 aliphatic carbocycles. The van der Waals surface area contributed by atoms with Gasteiger partial charge in [-0.05, 0) is 44.6 Å². The molecule has 1 unspecified atom stereocenters. The predicted molar refractivity (Wildman–Crippen MR) is 127 cm³/mol. The molecule has 1 N–H and O–H groups in total. The lowest BCUT2D eigenvalue weighted by Gasteiger charge is -2.22. The number of carbonyl (C=O) groups excluding carboxylic acids is 2. The van der Waals surface area contributed by atoms with Crippen LogP contribution < -0.4 is 10.7 Å². The number of benzene rings is 1. The summed E-state index contributed by atoms with van der Waals surface area (Å²) in [6.45, 7) is 5.87. The Balaban J connectivity index is 1.77. The van der Waals surface area contributed by atoms with Crippen molar-refractivity contribution in [1.82, 2.24) is 14.8 Å². The summed E-state index contributed by atoms with van der Waals surface area (Å²) >= 11 is 0. The van der Waals surface area contributed by atoms with Crippen LogP contribution in [-0.2, 0) is 6.42 Å². The van der Waals surface area contributed by atoms with Gasteiger partial charge in [-0.15, -0.1) is 0 Å². The minimum absolute atomic E-state index is 0.0469. The van der Waals surface area contributed by atoms with Gasteiger partial charge in [-0.25, -0.2) is 0 Å². The number of nitrogens with one attached hydrogen (secondary N) is 1. The van der Waals surface area contributed by atoms with E-state index in [1.807, 2.05) is 36.6 Å². The number of likely N-dealkylation sites (tertiary alicyclic amines) is 1. The molecule has 1 aliphatic heterocycles. The second kappa shape index (κ2) is 11.7. The standard InChI is InChI=1S/C26H35N3O3/c1-3-20(2)29-18-22(25(31)27-15-11-14-21-12-7-6-8-13-21)24(30)23(19-29)26(32)28-16-9-4-5-10-17-28/h6-8,12-13,18-20H,3-5,9-11,14-17H2,1-2H3,(H,27,31).